The molecule has 0 bridgehead atoms. The lowest BCUT2D eigenvalue weighted by Crippen LogP contribution is -2.33. The number of aryl methyl sites for hydroxylation is 1. The standard InChI is InChI=1S/C18H22N2O4/c1-11(2)18(19-17(21)10-14-8-12(3)24-20-14)13-4-5-15-16(9-13)23-7-6-22-15/h4-5,8-9,11,18H,6-7,10H2,1-3H3,(H,19,21)/t18-/m1/s1. The molecule has 0 spiro atoms. The van der Waals surface area contributed by atoms with Gasteiger partial charge in [-0.2, -0.15) is 0 Å². The van der Waals surface area contributed by atoms with Gasteiger partial charge in [-0.15, -0.1) is 0 Å². The predicted molar refractivity (Wildman–Crippen MR) is 88.1 cm³/mol. The Morgan fingerprint density at radius 3 is 2.62 bits per heavy atom. The van der Waals surface area contributed by atoms with Crippen LogP contribution in [-0.4, -0.2) is 24.3 Å². The molecule has 0 unspecified atom stereocenters. The predicted octanol–water partition coefficient (Wildman–Crippen LogP) is 2.81. The van der Waals surface area contributed by atoms with E-state index in [1.54, 1.807) is 13.0 Å². The normalized spacial score (nSPS) is 14.5. The van der Waals surface area contributed by atoms with Gasteiger partial charge in [-0.05, 0) is 30.5 Å². The molecule has 1 aromatic heterocycles. The molecule has 0 aliphatic carbocycles. The lowest BCUT2D eigenvalue weighted by molar-refractivity contribution is -0.121. The van der Waals surface area contributed by atoms with Crippen LogP contribution in [0.15, 0.2) is 28.8 Å². The smallest absolute Gasteiger partial charge is 0.226 e. The number of carbonyl (C=O) groups is 1. The van der Waals surface area contributed by atoms with E-state index in [9.17, 15) is 4.79 Å². The first kappa shape index (κ1) is 16.4. The number of hydrogen-bond donors (Lipinski definition) is 1. The number of ether oxygens (including phenoxy) is 2. The highest BCUT2D eigenvalue weighted by Gasteiger charge is 2.22. The highest BCUT2D eigenvalue weighted by molar-refractivity contribution is 5.78. The Morgan fingerprint density at radius 1 is 1.21 bits per heavy atom. The van der Waals surface area contributed by atoms with Gasteiger partial charge in [0.2, 0.25) is 5.91 Å². The molecule has 0 fully saturated rings. The van der Waals surface area contributed by atoms with Gasteiger partial charge in [0.15, 0.2) is 11.5 Å². The molecule has 6 heteroatoms. The molecule has 1 aliphatic heterocycles. The Labute approximate surface area is 141 Å². The summed E-state index contributed by atoms with van der Waals surface area (Å²) in [6.07, 6.45) is 0.200. The van der Waals surface area contributed by atoms with Crippen LogP contribution in [0.4, 0.5) is 0 Å². The molecule has 1 aliphatic rings. The fraction of sp³-hybridized carbons (Fsp3) is 0.444. The Hall–Kier alpha value is -2.50. The van der Waals surface area contributed by atoms with E-state index in [4.69, 9.17) is 14.0 Å². The highest BCUT2D eigenvalue weighted by atomic mass is 16.6. The minimum Gasteiger partial charge on any atom is -0.486 e. The molecular formula is C18H22N2O4. The van der Waals surface area contributed by atoms with Crippen LogP contribution in [0.1, 0.15) is 36.9 Å². The minimum atomic E-state index is -0.110. The van der Waals surface area contributed by atoms with Crippen molar-refractivity contribution in [3.05, 3.63) is 41.3 Å². The number of rotatable bonds is 5. The Bertz CT molecular complexity index is 724. The van der Waals surface area contributed by atoms with E-state index in [0.29, 0.717) is 24.7 Å². The minimum absolute atomic E-state index is 0.0862. The van der Waals surface area contributed by atoms with Crippen molar-refractivity contribution in [3.8, 4) is 11.5 Å². The zero-order chi connectivity index (χ0) is 17.1. The molecule has 3 rings (SSSR count). The number of nitrogens with zero attached hydrogens (tertiary/aromatic N) is 1. The summed E-state index contributed by atoms with van der Waals surface area (Å²) >= 11 is 0. The van der Waals surface area contributed by atoms with Crippen LogP contribution in [0.5, 0.6) is 11.5 Å². The van der Waals surface area contributed by atoms with Gasteiger partial charge in [-0.1, -0.05) is 25.1 Å². The van der Waals surface area contributed by atoms with Crippen molar-refractivity contribution in [2.45, 2.75) is 33.2 Å². The average Bonchev–Trinajstić information content (AvgIpc) is 2.96. The van der Waals surface area contributed by atoms with E-state index in [1.807, 2.05) is 18.2 Å². The molecule has 2 aromatic rings. The van der Waals surface area contributed by atoms with E-state index >= 15 is 0 Å². The lowest BCUT2D eigenvalue weighted by atomic mass is 9.95. The van der Waals surface area contributed by atoms with Gasteiger partial charge in [0.05, 0.1) is 18.2 Å². The largest absolute Gasteiger partial charge is 0.486 e. The van der Waals surface area contributed by atoms with E-state index in [2.05, 4.69) is 24.3 Å². The second-order valence-electron chi connectivity index (χ2n) is 6.30. The number of nitrogens with one attached hydrogen (secondary N) is 1. The quantitative estimate of drug-likeness (QED) is 0.912. The van der Waals surface area contributed by atoms with Crippen LogP contribution >= 0.6 is 0 Å². The molecule has 1 atom stereocenters. The van der Waals surface area contributed by atoms with Crippen molar-refractivity contribution in [1.82, 2.24) is 10.5 Å². The molecule has 1 amide bonds. The van der Waals surface area contributed by atoms with E-state index in [-0.39, 0.29) is 24.3 Å². The van der Waals surface area contributed by atoms with Crippen LogP contribution < -0.4 is 14.8 Å². The number of carbonyl (C=O) groups excluding carboxylic acids is 1. The maximum atomic E-state index is 12.3. The Morgan fingerprint density at radius 2 is 1.96 bits per heavy atom. The van der Waals surface area contributed by atoms with Crippen molar-refractivity contribution < 1.29 is 18.8 Å². The summed E-state index contributed by atoms with van der Waals surface area (Å²) in [7, 11) is 0. The zero-order valence-electron chi connectivity index (χ0n) is 14.2. The van der Waals surface area contributed by atoms with E-state index in [0.717, 1.165) is 17.1 Å². The fourth-order valence-electron chi connectivity index (χ4n) is 2.78. The summed E-state index contributed by atoms with van der Waals surface area (Å²) in [6.45, 7) is 7.05. The van der Waals surface area contributed by atoms with E-state index in [1.165, 1.54) is 0 Å². The monoisotopic (exact) mass is 330 g/mol. The van der Waals surface area contributed by atoms with Gasteiger partial charge in [0, 0.05) is 6.07 Å². The Kier molecular flexibility index (Phi) is 4.74. The van der Waals surface area contributed by atoms with Crippen molar-refractivity contribution in [1.29, 1.82) is 0 Å². The summed E-state index contributed by atoms with van der Waals surface area (Å²) in [5, 5.41) is 6.95. The third-order valence-electron chi connectivity index (χ3n) is 3.93. The highest BCUT2D eigenvalue weighted by Crippen LogP contribution is 2.34. The number of aromatic nitrogens is 1. The molecule has 6 nitrogen and oxygen atoms in total. The molecule has 1 aromatic carbocycles. The van der Waals surface area contributed by atoms with Crippen molar-refractivity contribution in [2.75, 3.05) is 13.2 Å². The first-order chi connectivity index (χ1) is 11.5. The Balaban J connectivity index is 1.73. The number of fused-ring (bicyclic) bond motifs is 1. The molecule has 0 saturated carbocycles. The molecule has 0 saturated heterocycles. The third-order valence-corrected chi connectivity index (χ3v) is 3.93. The van der Waals surface area contributed by atoms with Crippen LogP contribution in [-0.2, 0) is 11.2 Å². The maximum Gasteiger partial charge on any atom is 0.226 e. The third kappa shape index (κ3) is 3.69. The van der Waals surface area contributed by atoms with Crippen LogP contribution in [0, 0.1) is 12.8 Å². The fourth-order valence-corrected chi connectivity index (χ4v) is 2.78. The van der Waals surface area contributed by atoms with Gasteiger partial charge in [0.25, 0.3) is 0 Å². The maximum absolute atomic E-state index is 12.3. The summed E-state index contributed by atoms with van der Waals surface area (Å²) in [4.78, 5) is 12.3. The second-order valence-corrected chi connectivity index (χ2v) is 6.30. The van der Waals surface area contributed by atoms with Crippen LogP contribution in [0.2, 0.25) is 0 Å². The van der Waals surface area contributed by atoms with Crippen LogP contribution in [0.3, 0.4) is 0 Å². The van der Waals surface area contributed by atoms with Gasteiger partial charge < -0.3 is 19.3 Å². The van der Waals surface area contributed by atoms with Gasteiger partial charge in [-0.3, -0.25) is 4.79 Å². The summed E-state index contributed by atoms with van der Waals surface area (Å²) in [6, 6.07) is 7.47. The zero-order valence-corrected chi connectivity index (χ0v) is 14.2. The van der Waals surface area contributed by atoms with Crippen LogP contribution in [0.25, 0.3) is 0 Å². The first-order valence-electron chi connectivity index (χ1n) is 8.14. The summed E-state index contributed by atoms with van der Waals surface area (Å²) in [5.74, 6) is 2.32. The number of amides is 1. The van der Waals surface area contributed by atoms with E-state index < -0.39 is 0 Å². The summed E-state index contributed by atoms with van der Waals surface area (Å²) in [5.41, 5.74) is 1.63. The van der Waals surface area contributed by atoms with Crippen molar-refractivity contribution in [2.24, 2.45) is 5.92 Å². The number of hydrogen-bond acceptors (Lipinski definition) is 5. The van der Waals surface area contributed by atoms with Crippen molar-refractivity contribution >= 4 is 5.91 Å². The first-order valence-corrected chi connectivity index (χ1v) is 8.14. The molecule has 2 heterocycles. The molecular weight excluding hydrogens is 308 g/mol. The summed E-state index contributed by atoms with van der Waals surface area (Å²) < 4.78 is 16.2. The SMILES string of the molecule is Cc1cc(CC(=O)N[C@@H](c2ccc3c(c2)OCCO3)C(C)C)no1. The molecule has 24 heavy (non-hydrogen) atoms. The van der Waals surface area contributed by atoms with Gasteiger partial charge in [-0.25, -0.2) is 0 Å². The second kappa shape index (κ2) is 6.95. The molecule has 0 radical (unpaired) electrons. The lowest BCUT2D eigenvalue weighted by Gasteiger charge is -2.25. The number of benzene rings is 1. The van der Waals surface area contributed by atoms with Gasteiger partial charge in [0.1, 0.15) is 19.0 Å². The topological polar surface area (TPSA) is 73.6 Å². The average molecular weight is 330 g/mol. The van der Waals surface area contributed by atoms with Gasteiger partial charge >= 0.3 is 0 Å². The van der Waals surface area contributed by atoms with Crippen molar-refractivity contribution in [3.63, 3.8) is 0 Å². The molecule has 128 valence electrons. The molecule has 1 N–H and O–H groups in total.